The Labute approximate surface area is 130 Å². The molecule has 0 saturated heterocycles. The van der Waals surface area contributed by atoms with Crippen LogP contribution in [0, 0.1) is 0 Å². The van der Waals surface area contributed by atoms with Crippen molar-refractivity contribution in [1.82, 2.24) is 16.0 Å². The second kappa shape index (κ2) is 9.37. The first kappa shape index (κ1) is 17.5. The molecule has 0 saturated carbocycles. The summed E-state index contributed by atoms with van der Waals surface area (Å²) in [7, 11) is 0. The van der Waals surface area contributed by atoms with E-state index in [2.05, 4.69) is 22.9 Å². The summed E-state index contributed by atoms with van der Waals surface area (Å²) in [6.07, 6.45) is 1.06. The lowest BCUT2D eigenvalue weighted by Crippen LogP contribution is -2.46. The van der Waals surface area contributed by atoms with Crippen LogP contribution in [0.2, 0.25) is 5.02 Å². The standard InChI is InChI=1S/C15H22ClN3O2/c1-3-8-17-9-10-18-14(20)11(2)19-15(21)12-4-6-13(16)7-5-12/h4-7,11,17H,3,8-10H2,1-2H3,(H,18,20)(H,19,21). The molecule has 116 valence electrons. The summed E-state index contributed by atoms with van der Waals surface area (Å²) in [4.78, 5) is 23.8. The fourth-order valence-corrected chi connectivity index (χ4v) is 1.80. The van der Waals surface area contributed by atoms with Gasteiger partial charge in [-0.05, 0) is 44.2 Å². The average molecular weight is 312 g/mol. The smallest absolute Gasteiger partial charge is 0.251 e. The van der Waals surface area contributed by atoms with Crippen LogP contribution in [0.15, 0.2) is 24.3 Å². The first-order valence-corrected chi connectivity index (χ1v) is 7.47. The largest absolute Gasteiger partial charge is 0.353 e. The van der Waals surface area contributed by atoms with Crippen LogP contribution in [0.25, 0.3) is 0 Å². The molecule has 0 aliphatic carbocycles. The molecule has 0 radical (unpaired) electrons. The highest BCUT2D eigenvalue weighted by Gasteiger charge is 2.15. The van der Waals surface area contributed by atoms with Crippen LogP contribution in [0.3, 0.4) is 0 Å². The normalized spacial score (nSPS) is 11.8. The number of nitrogens with one attached hydrogen (secondary N) is 3. The highest BCUT2D eigenvalue weighted by atomic mass is 35.5. The summed E-state index contributed by atoms with van der Waals surface area (Å²) in [5.41, 5.74) is 0.476. The maximum absolute atomic E-state index is 11.9. The fourth-order valence-electron chi connectivity index (χ4n) is 1.68. The number of halogens is 1. The van der Waals surface area contributed by atoms with Crippen molar-refractivity contribution in [3.8, 4) is 0 Å². The summed E-state index contributed by atoms with van der Waals surface area (Å²) in [6, 6.07) is 5.94. The van der Waals surface area contributed by atoms with Gasteiger partial charge in [-0.2, -0.15) is 0 Å². The molecule has 1 aromatic carbocycles. The van der Waals surface area contributed by atoms with Gasteiger partial charge in [0.25, 0.3) is 5.91 Å². The van der Waals surface area contributed by atoms with Gasteiger partial charge in [-0.25, -0.2) is 0 Å². The van der Waals surface area contributed by atoms with Gasteiger partial charge >= 0.3 is 0 Å². The Balaban J connectivity index is 2.34. The number of hydrogen-bond acceptors (Lipinski definition) is 3. The van der Waals surface area contributed by atoms with Crippen LogP contribution in [0.1, 0.15) is 30.6 Å². The molecule has 3 N–H and O–H groups in total. The minimum Gasteiger partial charge on any atom is -0.353 e. The van der Waals surface area contributed by atoms with Crippen molar-refractivity contribution in [2.45, 2.75) is 26.3 Å². The predicted octanol–water partition coefficient (Wildman–Crippen LogP) is 1.57. The van der Waals surface area contributed by atoms with Crippen LogP contribution in [-0.2, 0) is 4.79 Å². The van der Waals surface area contributed by atoms with E-state index in [0.717, 1.165) is 19.5 Å². The minimum atomic E-state index is -0.584. The van der Waals surface area contributed by atoms with Crippen LogP contribution in [0.4, 0.5) is 0 Å². The average Bonchev–Trinajstić information content (AvgIpc) is 2.47. The summed E-state index contributed by atoms with van der Waals surface area (Å²) in [6.45, 7) is 5.93. The Hall–Kier alpha value is -1.59. The maximum atomic E-state index is 11.9. The Morgan fingerprint density at radius 3 is 2.43 bits per heavy atom. The number of rotatable bonds is 8. The molecule has 0 aliphatic heterocycles. The lowest BCUT2D eigenvalue weighted by molar-refractivity contribution is -0.122. The predicted molar refractivity (Wildman–Crippen MR) is 84.6 cm³/mol. The van der Waals surface area contributed by atoms with Gasteiger partial charge in [-0.15, -0.1) is 0 Å². The third kappa shape index (κ3) is 6.60. The number of amides is 2. The molecule has 0 aliphatic rings. The molecular formula is C15H22ClN3O2. The number of benzene rings is 1. The van der Waals surface area contributed by atoms with Crippen molar-refractivity contribution < 1.29 is 9.59 Å². The SMILES string of the molecule is CCCNCCNC(=O)C(C)NC(=O)c1ccc(Cl)cc1. The topological polar surface area (TPSA) is 70.2 Å². The Bertz CT molecular complexity index is 462. The van der Waals surface area contributed by atoms with Crippen LogP contribution >= 0.6 is 11.6 Å². The Kier molecular flexibility index (Phi) is 7.79. The van der Waals surface area contributed by atoms with Crippen molar-refractivity contribution in [3.63, 3.8) is 0 Å². The number of carbonyl (C=O) groups is 2. The van der Waals surface area contributed by atoms with E-state index in [4.69, 9.17) is 11.6 Å². The third-order valence-electron chi connectivity index (χ3n) is 2.88. The van der Waals surface area contributed by atoms with E-state index < -0.39 is 6.04 Å². The van der Waals surface area contributed by atoms with Gasteiger partial charge < -0.3 is 16.0 Å². The van der Waals surface area contributed by atoms with Crippen molar-refractivity contribution in [3.05, 3.63) is 34.9 Å². The second-order valence-corrected chi connectivity index (χ2v) is 5.18. The zero-order chi connectivity index (χ0) is 15.7. The molecule has 0 fully saturated rings. The number of hydrogen-bond donors (Lipinski definition) is 3. The first-order valence-electron chi connectivity index (χ1n) is 7.09. The summed E-state index contributed by atoms with van der Waals surface area (Å²) in [5.74, 6) is -0.492. The summed E-state index contributed by atoms with van der Waals surface area (Å²) < 4.78 is 0. The molecule has 21 heavy (non-hydrogen) atoms. The van der Waals surface area contributed by atoms with Crippen LogP contribution in [-0.4, -0.2) is 37.5 Å². The monoisotopic (exact) mass is 311 g/mol. The summed E-state index contributed by atoms with van der Waals surface area (Å²) in [5, 5.41) is 9.18. The third-order valence-corrected chi connectivity index (χ3v) is 3.13. The highest BCUT2D eigenvalue weighted by Crippen LogP contribution is 2.09. The van der Waals surface area contributed by atoms with Crippen molar-refractivity contribution >= 4 is 23.4 Å². The fraction of sp³-hybridized carbons (Fsp3) is 0.467. The van der Waals surface area contributed by atoms with Crippen molar-refractivity contribution in [2.75, 3.05) is 19.6 Å². The second-order valence-electron chi connectivity index (χ2n) is 4.74. The molecule has 1 unspecified atom stereocenters. The molecule has 5 nitrogen and oxygen atoms in total. The van der Waals surface area contributed by atoms with Gasteiger partial charge in [0.15, 0.2) is 0 Å². The van der Waals surface area contributed by atoms with Crippen molar-refractivity contribution in [1.29, 1.82) is 0 Å². The van der Waals surface area contributed by atoms with E-state index in [0.29, 0.717) is 17.1 Å². The van der Waals surface area contributed by atoms with E-state index in [1.165, 1.54) is 0 Å². The van der Waals surface area contributed by atoms with Crippen LogP contribution < -0.4 is 16.0 Å². The van der Waals surface area contributed by atoms with Crippen molar-refractivity contribution in [2.24, 2.45) is 0 Å². The lowest BCUT2D eigenvalue weighted by atomic mass is 10.2. The minimum absolute atomic E-state index is 0.199. The zero-order valence-corrected chi connectivity index (χ0v) is 13.2. The lowest BCUT2D eigenvalue weighted by Gasteiger charge is -2.14. The van der Waals surface area contributed by atoms with Gasteiger partial charge in [0.2, 0.25) is 5.91 Å². The quantitative estimate of drug-likeness (QED) is 0.638. The molecule has 1 atom stereocenters. The van der Waals surface area contributed by atoms with Crippen LogP contribution in [0.5, 0.6) is 0 Å². The Morgan fingerprint density at radius 2 is 1.81 bits per heavy atom. The molecule has 0 heterocycles. The van der Waals surface area contributed by atoms with E-state index in [1.54, 1.807) is 31.2 Å². The van der Waals surface area contributed by atoms with Gasteiger partial charge in [0, 0.05) is 23.7 Å². The van der Waals surface area contributed by atoms with Gasteiger partial charge in [0.05, 0.1) is 0 Å². The molecule has 0 bridgehead atoms. The zero-order valence-electron chi connectivity index (χ0n) is 12.4. The van der Waals surface area contributed by atoms with Gasteiger partial charge in [0.1, 0.15) is 6.04 Å². The molecule has 1 aromatic rings. The molecular weight excluding hydrogens is 290 g/mol. The molecule has 2 amide bonds. The van der Waals surface area contributed by atoms with E-state index in [1.807, 2.05) is 0 Å². The van der Waals surface area contributed by atoms with Gasteiger partial charge in [-0.1, -0.05) is 18.5 Å². The van der Waals surface area contributed by atoms with E-state index in [-0.39, 0.29) is 11.8 Å². The summed E-state index contributed by atoms with van der Waals surface area (Å²) >= 11 is 5.76. The molecule has 0 spiro atoms. The first-order chi connectivity index (χ1) is 10.0. The highest BCUT2D eigenvalue weighted by molar-refractivity contribution is 6.30. The Morgan fingerprint density at radius 1 is 1.14 bits per heavy atom. The molecule has 0 aromatic heterocycles. The van der Waals surface area contributed by atoms with E-state index >= 15 is 0 Å². The maximum Gasteiger partial charge on any atom is 0.251 e. The molecule has 6 heteroatoms. The van der Waals surface area contributed by atoms with Gasteiger partial charge in [-0.3, -0.25) is 9.59 Å². The van der Waals surface area contributed by atoms with E-state index in [9.17, 15) is 9.59 Å². The number of carbonyl (C=O) groups excluding carboxylic acids is 2. The molecule has 1 rings (SSSR count).